The highest BCUT2D eigenvalue weighted by Gasteiger charge is 2.15. The van der Waals surface area contributed by atoms with Crippen LogP contribution >= 0.6 is 34.3 Å². The van der Waals surface area contributed by atoms with E-state index in [1.807, 2.05) is 43.5 Å². The Kier molecular flexibility index (Phi) is 4.24. The standard InChI is InChI=1S/C15H12ClN3OS2/c1-8-13(22-9(2)17-8)14(20)19-15-18-12(7-21-15)10-3-5-11(16)6-4-10/h3-7H,1-2H3,(H,18,19,20). The van der Waals surface area contributed by atoms with Crippen molar-refractivity contribution >= 4 is 45.3 Å². The van der Waals surface area contributed by atoms with E-state index < -0.39 is 0 Å². The second-order valence-electron chi connectivity index (χ2n) is 4.65. The molecule has 0 aliphatic carbocycles. The molecule has 22 heavy (non-hydrogen) atoms. The van der Waals surface area contributed by atoms with Crippen LogP contribution in [0.15, 0.2) is 29.6 Å². The molecule has 0 unspecified atom stereocenters. The highest BCUT2D eigenvalue weighted by molar-refractivity contribution is 7.15. The summed E-state index contributed by atoms with van der Waals surface area (Å²) in [4.78, 5) is 21.6. The molecule has 0 fully saturated rings. The summed E-state index contributed by atoms with van der Waals surface area (Å²) in [7, 11) is 0. The first-order chi connectivity index (χ1) is 10.5. The third-order valence-electron chi connectivity index (χ3n) is 2.97. The third-order valence-corrected chi connectivity index (χ3v) is 5.06. The third kappa shape index (κ3) is 3.19. The summed E-state index contributed by atoms with van der Waals surface area (Å²) in [6.45, 7) is 3.72. The van der Waals surface area contributed by atoms with Crippen LogP contribution in [0.1, 0.15) is 20.4 Å². The second-order valence-corrected chi connectivity index (χ2v) is 7.14. The lowest BCUT2D eigenvalue weighted by Gasteiger charge is -1.99. The van der Waals surface area contributed by atoms with E-state index in [0.29, 0.717) is 15.0 Å². The molecule has 0 atom stereocenters. The number of benzene rings is 1. The van der Waals surface area contributed by atoms with Crippen LogP contribution in [0.2, 0.25) is 5.02 Å². The summed E-state index contributed by atoms with van der Waals surface area (Å²) in [5.41, 5.74) is 2.52. The molecular formula is C15H12ClN3OS2. The highest BCUT2D eigenvalue weighted by atomic mass is 35.5. The van der Waals surface area contributed by atoms with Gasteiger partial charge in [0.1, 0.15) is 4.88 Å². The van der Waals surface area contributed by atoms with Crippen molar-refractivity contribution in [2.24, 2.45) is 0 Å². The van der Waals surface area contributed by atoms with Gasteiger partial charge in [0.15, 0.2) is 5.13 Å². The van der Waals surface area contributed by atoms with Crippen LogP contribution in [0.3, 0.4) is 0 Å². The Morgan fingerprint density at radius 3 is 2.55 bits per heavy atom. The number of carbonyl (C=O) groups excluding carboxylic acids is 1. The van der Waals surface area contributed by atoms with Crippen LogP contribution in [-0.2, 0) is 0 Å². The van der Waals surface area contributed by atoms with E-state index in [4.69, 9.17) is 11.6 Å². The van der Waals surface area contributed by atoms with Crippen molar-refractivity contribution in [3.63, 3.8) is 0 Å². The fourth-order valence-corrected chi connectivity index (χ4v) is 3.64. The molecule has 4 nitrogen and oxygen atoms in total. The van der Waals surface area contributed by atoms with Gasteiger partial charge in [0, 0.05) is 16.0 Å². The fraction of sp³-hybridized carbons (Fsp3) is 0.133. The first-order valence-corrected chi connectivity index (χ1v) is 8.57. The molecule has 7 heteroatoms. The van der Waals surface area contributed by atoms with Gasteiger partial charge in [0.05, 0.1) is 16.4 Å². The number of nitrogens with zero attached hydrogens (tertiary/aromatic N) is 2. The topological polar surface area (TPSA) is 54.9 Å². The van der Waals surface area contributed by atoms with Crippen molar-refractivity contribution in [3.8, 4) is 11.3 Å². The number of hydrogen-bond donors (Lipinski definition) is 1. The van der Waals surface area contributed by atoms with Crippen molar-refractivity contribution in [3.05, 3.63) is 50.2 Å². The fourth-order valence-electron chi connectivity index (χ4n) is 1.98. The van der Waals surface area contributed by atoms with Gasteiger partial charge in [-0.15, -0.1) is 22.7 Å². The molecule has 1 aromatic carbocycles. The van der Waals surface area contributed by atoms with E-state index in [9.17, 15) is 4.79 Å². The minimum absolute atomic E-state index is 0.167. The van der Waals surface area contributed by atoms with Gasteiger partial charge < -0.3 is 0 Å². The van der Waals surface area contributed by atoms with Crippen LogP contribution in [0.25, 0.3) is 11.3 Å². The van der Waals surface area contributed by atoms with Gasteiger partial charge in [-0.05, 0) is 26.0 Å². The molecule has 1 N–H and O–H groups in total. The zero-order valence-electron chi connectivity index (χ0n) is 11.9. The molecule has 0 aliphatic rings. The van der Waals surface area contributed by atoms with Gasteiger partial charge in [-0.25, -0.2) is 9.97 Å². The lowest BCUT2D eigenvalue weighted by atomic mass is 10.2. The Labute approximate surface area is 140 Å². The number of anilines is 1. The number of halogens is 1. The Balaban J connectivity index is 1.78. The maximum Gasteiger partial charge on any atom is 0.269 e. The first kappa shape index (κ1) is 15.1. The molecule has 112 valence electrons. The molecular weight excluding hydrogens is 338 g/mol. The average molecular weight is 350 g/mol. The van der Waals surface area contributed by atoms with E-state index in [0.717, 1.165) is 22.0 Å². The Morgan fingerprint density at radius 2 is 1.91 bits per heavy atom. The molecule has 2 aromatic heterocycles. The van der Waals surface area contributed by atoms with Gasteiger partial charge in [-0.1, -0.05) is 23.7 Å². The van der Waals surface area contributed by atoms with E-state index in [-0.39, 0.29) is 5.91 Å². The largest absolute Gasteiger partial charge is 0.297 e. The van der Waals surface area contributed by atoms with Gasteiger partial charge in [0.2, 0.25) is 0 Å². The highest BCUT2D eigenvalue weighted by Crippen LogP contribution is 2.27. The van der Waals surface area contributed by atoms with Crippen molar-refractivity contribution < 1.29 is 4.79 Å². The van der Waals surface area contributed by atoms with Crippen LogP contribution in [0, 0.1) is 13.8 Å². The summed E-state index contributed by atoms with van der Waals surface area (Å²) in [5.74, 6) is -0.167. The maximum atomic E-state index is 12.2. The number of hydrogen-bond acceptors (Lipinski definition) is 5. The molecule has 0 spiro atoms. The summed E-state index contributed by atoms with van der Waals surface area (Å²) in [6.07, 6.45) is 0. The Bertz CT molecular complexity index is 824. The Morgan fingerprint density at radius 1 is 1.18 bits per heavy atom. The van der Waals surface area contributed by atoms with Crippen molar-refractivity contribution in [2.75, 3.05) is 5.32 Å². The van der Waals surface area contributed by atoms with Crippen molar-refractivity contribution in [1.29, 1.82) is 0 Å². The molecule has 3 aromatic rings. The minimum atomic E-state index is -0.167. The van der Waals surface area contributed by atoms with Crippen LogP contribution in [0.5, 0.6) is 0 Å². The molecule has 0 saturated heterocycles. The van der Waals surface area contributed by atoms with Crippen LogP contribution in [0.4, 0.5) is 5.13 Å². The smallest absolute Gasteiger partial charge is 0.269 e. The first-order valence-electron chi connectivity index (χ1n) is 6.50. The summed E-state index contributed by atoms with van der Waals surface area (Å²) >= 11 is 8.66. The van der Waals surface area contributed by atoms with Gasteiger partial charge in [-0.3, -0.25) is 10.1 Å². The van der Waals surface area contributed by atoms with Gasteiger partial charge in [0.25, 0.3) is 5.91 Å². The van der Waals surface area contributed by atoms with Crippen LogP contribution < -0.4 is 5.32 Å². The molecule has 2 heterocycles. The number of amides is 1. The summed E-state index contributed by atoms with van der Waals surface area (Å²) < 4.78 is 0. The van der Waals surface area contributed by atoms with Gasteiger partial charge >= 0.3 is 0 Å². The summed E-state index contributed by atoms with van der Waals surface area (Å²) in [5, 5.41) is 6.87. The second kappa shape index (κ2) is 6.16. The number of aromatic nitrogens is 2. The number of nitrogens with one attached hydrogen (secondary N) is 1. The lowest BCUT2D eigenvalue weighted by Crippen LogP contribution is -2.11. The molecule has 1 amide bonds. The van der Waals surface area contributed by atoms with E-state index in [1.54, 1.807) is 0 Å². The van der Waals surface area contributed by atoms with E-state index in [1.165, 1.54) is 22.7 Å². The number of aryl methyl sites for hydroxylation is 2. The molecule has 0 saturated carbocycles. The number of thiazole rings is 2. The quantitative estimate of drug-likeness (QED) is 0.739. The monoisotopic (exact) mass is 349 g/mol. The normalized spacial score (nSPS) is 10.7. The predicted octanol–water partition coefficient (Wildman–Crippen LogP) is 4.79. The lowest BCUT2D eigenvalue weighted by molar-refractivity contribution is 0.103. The minimum Gasteiger partial charge on any atom is -0.297 e. The van der Waals surface area contributed by atoms with Crippen LogP contribution in [-0.4, -0.2) is 15.9 Å². The molecule has 0 radical (unpaired) electrons. The zero-order valence-corrected chi connectivity index (χ0v) is 14.3. The van der Waals surface area contributed by atoms with Crippen molar-refractivity contribution in [1.82, 2.24) is 9.97 Å². The molecule has 3 rings (SSSR count). The number of carbonyl (C=O) groups is 1. The SMILES string of the molecule is Cc1nc(C)c(C(=O)Nc2nc(-c3ccc(Cl)cc3)cs2)s1. The molecule has 0 bridgehead atoms. The average Bonchev–Trinajstić information content (AvgIpc) is 3.06. The van der Waals surface area contributed by atoms with E-state index >= 15 is 0 Å². The van der Waals surface area contributed by atoms with Gasteiger partial charge in [-0.2, -0.15) is 0 Å². The predicted molar refractivity (Wildman–Crippen MR) is 92.1 cm³/mol. The van der Waals surface area contributed by atoms with E-state index in [2.05, 4.69) is 15.3 Å². The Hall–Kier alpha value is -1.76. The zero-order chi connectivity index (χ0) is 15.7. The number of rotatable bonds is 3. The van der Waals surface area contributed by atoms with Crippen molar-refractivity contribution in [2.45, 2.75) is 13.8 Å². The maximum absolute atomic E-state index is 12.2. The molecule has 0 aliphatic heterocycles. The summed E-state index contributed by atoms with van der Waals surface area (Å²) in [6, 6.07) is 7.44.